The van der Waals surface area contributed by atoms with E-state index < -0.39 is 17.7 Å². The van der Waals surface area contributed by atoms with Gasteiger partial charge >= 0.3 is 17.7 Å². The molecular formula is C33H43ClO10. The van der Waals surface area contributed by atoms with Crippen LogP contribution in [0.4, 0.5) is 14.4 Å². The summed E-state index contributed by atoms with van der Waals surface area (Å²) in [7, 11) is 0. The molecular weight excluding hydrogens is 592 g/mol. The van der Waals surface area contributed by atoms with Gasteiger partial charge < -0.3 is 33.9 Å². The Morgan fingerprint density at radius 3 is 1.14 bits per heavy atom. The van der Waals surface area contributed by atoms with Crippen LogP contribution >= 0.6 is 11.6 Å². The molecule has 2 N–H and O–H groups in total. The predicted octanol–water partition coefficient (Wildman–Crippen LogP) is 8.18. The zero-order valence-electron chi connectivity index (χ0n) is 24.7. The molecule has 0 saturated heterocycles. The summed E-state index contributed by atoms with van der Waals surface area (Å²) in [6.07, 6.45) is 5.57. The minimum Gasteiger partial charge on any atom is -0.434 e. The highest BCUT2D eigenvalue weighted by molar-refractivity contribution is 6.61. The summed E-state index contributed by atoms with van der Waals surface area (Å²) in [5, 5.41) is 16.6. The van der Waals surface area contributed by atoms with E-state index in [-0.39, 0.29) is 14.6 Å². The normalized spacial score (nSPS) is 9.70. The predicted molar refractivity (Wildman–Crippen MR) is 168 cm³/mol. The van der Waals surface area contributed by atoms with Gasteiger partial charge in [-0.3, -0.25) is 0 Å². The number of halogens is 1. The monoisotopic (exact) mass is 634 g/mol. The molecule has 0 radical (unpaired) electrons. The molecule has 242 valence electrons. The second-order valence-corrected chi connectivity index (χ2v) is 9.26. The van der Waals surface area contributed by atoms with Crippen molar-refractivity contribution in [2.45, 2.75) is 51.4 Å². The first kappa shape index (κ1) is 37.9. The van der Waals surface area contributed by atoms with Gasteiger partial charge in [0.15, 0.2) is 0 Å². The second kappa shape index (κ2) is 26.5. The Hall–Kier alpha value is -4.12. The number of aliphatic hydroxyl groups is 2. The van der Waals surface area contributed by atoms with Crippen molar-refractivity contribution in [2.24, 2.45) is 0 Å². The lowest BCUT2D eigenvalue weighted by atomic mass is 10.2. The van der Waals surface area contributed by atoms with Crippen LogP contribution in [0, 0.1) is 0 Å². The van der Waals surface area contributed by atoms with Crippen LogP contribution in [-0.4, -0.2) is 54.4 Å². The van der Waals surface area contributed by atoms with Crippen LogP contribution in [0.2, 0.25) is 0 Å². The van der Waals surface area contributed by atoms with Crippen LogP contribution in [0.3, 0.4) is 0 Å². The van der Waals surface area contributed by atoms with Crippen molar-refractivity contribution >= 4 is 29.3 Å². The van der Waals surface area contributed by atoms with Gasteiger partial charge in [0.2, 0.25) is 0 Å². The highest BCUT2D eigenvalue weighted by Gasteiger charge is 2.06. The molecule has 0 saturated carbocycles. The lowest BCUT2D eigenvalue weighted by molar-refractivity contribution is 0.0927. The molecule has 0 aromatic heterocycles. The molecule has 0 atom stereocenters. The first-order valence-corrected chi connectivity index (χ1v) is 14.8. The molecule has 0 aliphatic heterocycles. The molecule has 3 aromatic carbocycles. The standard InChI is InChI=1S/C20H22O6.C7H5ClO2.C6H14O2.H2/c21-19(25-17-11-5-3-6-12-17)23-15-9-1-2-10-16-24-20(22)26-18-13-7-4-8-14-18;8-7(9)10-6-4-2-1-3-5-6;7-5-3-1-2-4-6-8;/h3-8,11-14H,1-2,9-10,15-16H2;1-5H;7-8H,1-6H2;1H. The number of unbranched alkanes of at least 4 members (excludes halogenated alkanes) is 6. The van der Waals surface area contributed by atoms with Crippen LogP contribution in [0.1, 0.15) is 52.8 Å². The van der Waals surface area contributed by atoms with Gasteiger partial charge in [0.05, 0.1) is 13.2 Å². The van der Waals surface area contributed by atoms with Crippen molar-refractivity contribution in [3.05, 3.63) is 91.0 Å². The number of carbonyl (C=O) groups excluding carboxylic acids is 3. The Labute approximate surface area is 264 Å². The van der Waals surface area contributed by atoms with E-state index in [1.54, 1.807) is 72.8 Å². The Balaban J connectivity index is 0.000000834. The molecule has 3 aromatic rings. The van der Waals surface area contributed by atoms with Crippen LogP contribution < -0.4 is 14.2 Å². The molecule has 0 aliphatic carbocycles. The van der Waals surface area contributed by atoms with E-state index in [1.165, 1.54) is 0 Å². The maximum atomic E-state index is 11.5. The zero-order chi connectivity index (χ0) is 32.1. The number of aliphatic hydroxyl groups excluding tert-OH is 2. The maximum Gasteiger partial charge on any atom is 0.513 e. The molecule has 3 rings (SSSR count). The Morgan fingerprint density at radius 2 is 0.818 bits per heavy atom. The lowest BCUT2D eigenvalue weighted by Crippen LogP contribution is -2.12. The molecule has 44 heavy (non-hydrogen) atoms. The minimum absolute atomic E-state index is 0. The molecule has 0 heterocycles. The quantitative estimate of drug-likeness (QED) is 0.0728. The summed E-state index contributed by atoms with van der Waals surface area (Å²) < 4.78 is 24.5. The second-order valence-electron chi connectivity index (χ2n) is 8.96. The molecule has 11 heteroatoms. The van der Waals surface area contributed by atoms with Crippen molar-refractivity contribution in [1.82, 2.24) is 0 Å². The first-order chi connectivity index (χ1) is 21.4. The summed E-state index contributed by atoms with van der Waals surface area (Å²) in [6.45, 7) is 1.15. The average Bonchev–Trinajstić information content (AvgIpc) is 3.02. The minimum atomic E-state index is -0.814. The van der Waals surface area contributed by atoms with Gasteiger partial charge in [0.1, 0.15) is 17.2 Å². The molecule has 0 aliphatic rings. The number of rotatable bonds is 15. The fourth-order valence-corrected chi connectivity index (χ4v) is 3.34. The summed E-state index contributed by atoms with van der Waals surface area (Å²) >= 11 is 4.95. The van der Waals surface area contributed by atoms with Crippen LogP contribution in [-0.2, 0) is 9.47 Å². The Bertz CT molecular complexity index is 1070. The lowest BCUT2D eigenvalue weighted by Gasteiger charge is -2.07. The van der Waals surface area contributed by atoms with E-state index in [9.17, 15) is 14.4 Å². The molecule has 10 nitrogen and oxygen atoms in total. The largest absolute Gasteiger partial charge is 0.513 e. The van der Waals surface area contributed by atoms with Gasteiger partial charge in [-0.15, -0.1) is 0 Å². The van der Waals surface area contributed by atoms with Crippen LogP contribution in [0.25, 0.3) is 0 Å². The number of para-hydroxylation sites is 3. The average molecular weight is 635 g/mol. The zero-order valence-corrected chi connectivity index (χ0v) is 25.4. The van der Waals surface area contributed by atoms with E-state index in [4.69, 9.17) is 40.8 Å². The topological polar surface area (TPSA) is 138 Å². The van der Waals surface area contributed by atoms with E-state index in [2.05, 4.69) is 4.74 Å². The van der Waals surface area contributed by atoms with Crippen molar-refractivity contribution < 1.29 is 49.7 Å². The van der Waals surface area contributed by atoms with Crippen molar-refractivity contribution in [1.29, 1.82) is 0 Å². The van der Waals surface area contributed by atoms with Crippen molar-refractivity contribution in [2.75, 3.05) is 26.4 Å². The third-order valence-corrected chi connectivity index (χ3v) is 5.45. The summed E-state index contributed by atoms with van der Waals surface area (Å²) in [5.41, 5.74) is -0.814. The van der Waals surface area contributed by atoms with Crippen molar-refractivity contribution in [3.8, 4) is 17.2 Å². The molecule has 0 unspecified atom stereocenters. The fourth-order valence-electron chi connectivity index (χ4n) is 3.26. The van der Waals surface area contributed by atoms with Gasteiger partial charge in [-0.1, -0.05) is 67.4 Å². The Kier molecular flexibility index (Phi) is 22.8. The molecule has 0 spiro atoms. The molecule has 0 fully saturated rings. The third kappa shape index (κ3) is 22.5. The van der Waals surface area contributed by atoms with Gasteiger partial charge in [-0.2, -0.15) is 0 Å². The van der Waals surface area contributed by atoms with E-state index in [1.807, 2.05) is 18.2 Å². The van der Waals surface area contributed by atoms with Crippen LogP contribution in [0.5, 0.6) is 17.2 Å². The number of hydrogen-bond donors (Lipinski definition) is 2. The number of hydrogen-bond acceptors (Lipinski definition) is 10. The number of benzene rings is 3. The van der Waals surface area contributed by atoms with E-state index in [0.29, 0.717) is 30.5 Å². The Morgan fingerprint density at radius 1 is 0.500 bits per heavy atom. The number of ether oxygens (including phenoxy) is 5. The van der Waals surface area contributed by atoms with Gasteiger partial charge in [0, 0.05) is 26.2 Å². The van der Waals surface area contributed by atoms with Gasteiger partial charge in [0.25, 0.3) is 0 Å². The maximum absolute atomic E-state index is 11.5. The summed E-state index contributed by atoms with van der Waals surface area (Å²) in [6, 6.07) is 26.2. The molecule has 0 bridgehead atoms. The van der Waals surface area contributed by atoms with Crippen molar-refractivity contribution in [3.63, 3.8) is 0 Å². The van der Waals surface area contributed by atoms with Crippen LogP contribution in [0.15, 0.2) is 91.0 Å². The fraction of sp³-hybridized carbons (Fsp3) is 0.364. The summed E-state index contributed by atoms with van der Waals surface area (Å²) in [4.78, 5) is 33.1. The highest BCUT2D eigenvalue weighted by atomic mass is 35.5. The summed E-state index contributed by atoms with van der Waals surface area (Å²) in [5.74, 6) is 1.37. The smallest absolute Gasteiger partial charge is 0.434 e. The first-order valence-electron chi connectivity index (χ1n) is 14.4. The highest BCUT2D eigenvalue weighted by Crippen LogP contribution is 2.11. The SMILES string of the molecule is O=C(Cl)Oc1ccccc1.O=C(OCCCCCCOC(=O)Oc1ccccc1)Oc1ccccc1.OCCCCCCO.[HH]. The third-order valence-electron chi connectivity index (χ3n) is 5.37. The van der Waals surface area contributed by atoms with E-state index >= 15 is 0 Å². The number of carbonyl (C=O) groups is 3. The van der Waals surface area contributed by atoms with Gasteiger partial charge in [-0.25, -0.2) is 14.4 Å². The van der Waals surface area contributed by atoms with Gasteiger partial charge in [-0.05, 0) is 74.9 Å². The molecule has 0 amide bonds. The van der Waals surface area contributed by atoms with E-state index in [0.717, 1.165) is 51.4 Å².